The Morgan fingerprint density at radius 3 is 2.68 bits per heavy atom. The Morgan fingerprint density at radius 2 is 1.96 bits per heavy atom. The van der Waals surface area contributed by atoms with E-state index in [0.29, 0.717) is 16.5 Å². The molecule has 0 fully saturated rings. The van der Waals surface area contributed by atoms with Crippen LogP contribution >= 0.6 is 11.6 Å². The number of nitrogens with one attached hydrogen (secondary N) is 2. The fourth-order valence-electron chi connectivity index (χ4n) is 2.94. The van der Waals surface area contributed by atoms with Crippen molar-refractivity contribution >= 4 is 28.5 Å². The van der Waals surface area contributed by atoms with Crippen LogP contribution in [0.3, 0.4) is 0 Å². The van der Waals surface area contributed by atoms with Gasteiger partial charge in [-0.15, -0.1) is 0 Å². The highest BCUT2D eigenvalue weighted by Crippen LogP contribution is 2.28. The smallest absolute Gasteiger partial charge is 0.183 e. The van der Waals surface area contributed by atoms with E-state index in [4.69, 9.17) is 11.6 Å². The lowest BCUT2D eigenvalue weighted by Crippen LogP contribution is -2.21. The van der Waals surface area contributed by atoms with Crippen LogP contribution in [0.15, 0.2) is 24.7 Å². The Bertz CT molecular complexity index is 858. The van der Waals surface area contributed by atoms with Gasteiger partial charge in [-0.25, -0.2) is 19.3 Å². The molecule has 3 aromatic heterocycles. The maximum atomic E-state index is 14.2. The summed E-state index contributed by atoms with van der Waals surface area (Å²) in [6.07, 6.45) is 8.55. The number of aromatic nitrogens is 4. The van der Waals surface area contributed by atoms with Crippen LogP contribution in [0.1, 0.15) is 39.5 Å². The number of nitrogens with zero attached hydrogens (tertiary/aromatic N) is 3. The summed E-state index contributed by atoms with van der Waals surface area (Å²) in [4.78, 5) is 15.9. The molecule has 0 saturated carbocycles. The first-order chi connectivity index (χ1) is 12.1. The minimum atomic E-state index is -0.447. The van der Waals surface area contributed by atoms with Gasteiger partial charge in [0.05, 0.1) is 11.2 Å². The minimum Gasteiger partial charge on any atom is -0.365 e. The molecular weight excluding hydrogens is 341 g/mol. The highest BCUT2D eigenvalue weighted by Gasteiger charge is 2.16. The first kappa shape index (κ1) is 17.6. The molecule has 5 nitrogen and oxygen atoms in total. The van der Waals surface area contributed by atoms with Gasteiger partial charge in [0.1, 0.15) is 5.65 Å². The predicted octanol–water partition coefficient (Wildman–Crippen LogP) is 5.19. The van der Waals surface area contributed by atoms with Gasteiger partial charge in [-0.05, 0) is 18.9 Å². The number of halogens is 2. The van der Waals surface area contributed by atoms with E-state index in [-0.39, 0.29) is 11.9 Å². The molecule has 7 heteroatoms. The third-order valence-corrected chi connectivity index (χ3v) is 4.30. The molecule has 0 amide bonds. The summed E-state index contributed by atoms with van der Waals surface area (Å²) in [5.74, 6) is 0.226. The Hall–Kier alpha value is -2.21. The summed E-state index contributed by atoms with van der Waals surface area (Å²) >= 11 is 6.04. The van der Waals surface area contributed by atoms with Crippen molar-refractivity contribution in [2.75, 3.05) is 5.32 Å². The minimum absolute atomic E-state index is 0.200. The second-order valence-corrected chi connectivity index (χ2v) is 6.50. The number of hydrogen-bond donors (Lipinski definition) is 2. The molecule has 132 valence electrons. The van der Waals surface area contributed by atoms with Crippen molar-refractivity contribution in [1.29, 1.82) is 0 Å². The molecule has 25 heavy (non-hydrogen) atoms. The Balaban J connectivity index is 1.96. The summed E-state index contributed by atoms with van der Waals surface area (Å²) in [6.45, 7) is 4.24. The van der Waals surface area contributed by atoms with E-state index in [2.05, 4.69) is 39.1 Å². The third kappa shape index (κ3) is 3.90. The standard InChI is InChI=1S/C18H21ClFN5/c1-3-5-12(6-4-2)24-18-15(20)10-23-17(25-18)14-9-22-16-13(14)7-11(19)8-21-16/h7-10,12H,3-6H2,1-2H3,(H,21,22)(H,23,24,25). The van der Waals surface area contributed by atoms with Crippen LogP contribution in [0.25, 0.3) is 22.4 Å². The molecule has 0 aliphatic rings. The lowest BCUT2D eigenvalue weighted by Gasteiger charge is -2.18. The number of anilines is 1. The van der Waals surface area contributed by atoms with Crippen molar-refractivity contribution < 1.29 is 4.39 Å². The van der Waals surface area contributed by atoms with Crippen molar-refractivity contribution in [2.45, 2.75) is 45.6 Å². The second kappa shape index (κ2) is 7.78. The first-order valence-electron chi connectivity index (χ1n) is 8.54. The highest BCUT2D eigenvalue weighted by molar-refractivity contribution is 6.31. The number of fused-ring (bicyclic) bond motifs is 1. The van der Waals surface area contributed by atoms with Crippen LogP contribution in [0, 0.1) is 5.82 Å². The average molecular weight is 362 g/mol. The Labute approximate surface area is 151 Å². The molecule has 3 rings (SSSR count). The maximum Gasteiger partial charge on any atom is 0.183 e. The van der Waals surface area contributed by atoms with Crippen LogP contribution in [-0.4, -0.2) is 26.0 Å². The highest BCUT2D eigenvalue weighted by atomic mass is 35.5. The molecule has 0 atom stereocenters. The summed E-state index contributed by atoms with van der Waals surface area (Å²) in [7, 11) is 0. The monoisotopic (exact) mass is 361 g/mol. The third-order valence-electron chi connectivity index (χ3n) is 4.10. The predicted molar refractivity (Wildman–Crippen MR) is 99.3 cm³/mol. The molecule has 0 spiro atoms. The first-order valence-corrected chi connectivity index (χ1v) is 8.92. The average Bonchev–Trinajstić information content (AvgIpc) is 3.00. The van der Waals surface area contributed by atoms with Crippen molar-refractivity contribution in [1.82, 2.24) is 19.9 Å². The van der Waals surface area contributed by atoms with Crippen LogP contribution in [0.2, 0.25) is 5.02 Å². The van der Waals surface area contributed by atoms with Gasteiger partial charge in [-0.2, -0.15) is 0 Å². The molecule has 0 aliphatic heterocycles. The normalized spacial score (nSPS) is 11.4. The summed E-state index contributed by atoms with van der Waals surface area (Å²) in [5, 5.41) is 4.57. The number of H-pyrrole nitrogens is 1. The van der Waals surface area contributed by atoms with E-state index in [0.717, 1.165) is 36.6 Å². The Kier molecular flexibility index (Phi) is 5.48. The number of pyridine rings is 1. The molecule has 3 heterocycles. The lowest BCUT2D eigenvalue weighted by molar-refractivity contribution is 0.568. The van der Waals surface area contributed by atoms with Gasteiger partial charge >= 0.3 is 0 Å². The molecule has 3 aromatic rings. The van der Waals surface area contributed by atoms with Crippen LogP contribution in [-0.2, 0) is 0 Å². The van der Waals surface area contributed by atoms with Gasteiger partial charge in [0.15, 0.2) is 17.5 Å². The molecule has 0 saturated heterocycles. The summed E-state index contributed by atoms with van der Waals surface area (Å²) in [5.41, 5.74) is 1.44. The molecule has 0 aliphatic carbocycles. The topological polar surface area (TPSA) is 66.5 Å². The largest absolute Gasteiger partial charge is 0.365 e. The summed E-state index contributed by atoms with van der Waals surface area (Å²) in [6, 6.07) is 2.00. The number of hydrogen-bond acceptors (Lipinski definition) is 4. The van der Waals surface area contributed by atoms with Gasteiger partial charge < -0.3 is 10.3 Å². The van der Waals surface area contributed by atoms with E-state index >= 15 is 0 Å². The fraction of sp³-hybridized carbons (Fsp3) is 0.389. The number of aromatic amines is 1. The van der Waals surface area contributed by atoms with Crippen LogP contribution < -0.4 is 5.32 Å². The van der Waals surface area contributed by atoms with Crippen molar-refractivity contribution in [3.8, 4) is 11.4 Å². The maximum absolute atomic E-state index is 14.2. The van der Waals surface area contributed by atoms with E-state index < -0.39 is 5.82 Å². The molecule has 0 aromatic carbocycles. The Morgan fingerprint density at radius 1 is 1.20 bits per heavy atom. The molecular formula is C18H21ClFN5. The van der Waals surface area contributed by atoms with Gasteiger partial charge in [0.25, 0.3) is 0 Å². The molecule has 0 bridgehead atoms. The van der Waals surface area contributed by atoms with Gasteiger partial charge in [-0.3, -0.25) is 0 Å². The lowest BCUT2D eigenvalue weighted by atomic mass is 10.1. The SMILES string of the molecule is CCCC(CCC)Nc1nc(-c2c[nH]c3ncc(Cl)cc23)ncc1F. The molecule has 0 radical (unpaired) electrons. The zero-order valence-electron chi connectivity index (χ0n) is 14.3. The zero-order valence-corrected chi connectivity index (χ0v) is 15.1. The van der Waals surface area contributed by atoms with Crippen molar-refractivity contribution in [3.05, 3.63) is 35.5 Å². The van der Waals surface area contributed by atoms with Gasteiger partial charge in [0, 0.05) is 29.4 Å². The van der Waals surface area contributed by atoms with Gasteiger partial charge in [0.2, 0.25) is 0 Å². The van der Waals surface area contributed by atoms with Crippen LogP contribution in [0.5, 0.6) is 0 Å². The second-order valence-electron chi connectivity index (χ2n) is 6.06. The quantitative estimate of drug-likeness (QED) is 0.607. The van der Waals surface area contributed by atoms with Crippen molar-refractivity contribution in [2.24, 2.45) is 0 Å². The summed E-state index contributed by atoms with van der Waals surface area (Å²) < 4.78 is 14.2. The van der Waals surface area contributed by atoms with E-state index in [1.165, 1.54) is 6.20 Å². The van der Waals surface area contributed by atoms with E-state index in [1.54, 1.807) is 18.5 Å². The van der Waals surface area contributed by atoms with Crippen molar-refractivity contribution in [3.63, 3.8) is 0 Å². The molecule has 0 unspecified atom stereocenters. The van der Waals surface area contributed by atoms with E-state index in [9.17, 15) is 4.39 Å². The number of rotatable bonds is 7. The molecule has 2 N–H and O–H groups in total. The van der Waals surface area contributed by atoms with Crippen LogP contribution in [0.4, 0.5) is 10.2 Å². The fourth-order valence-corrected chi connectivity index (χ4v) is 3.10. The van der Waals surface area contributed by atoms with E-state index in [1.807, 2.05) is 0 Å². The zero-order chi connectivity index (χ0) is 17.8. The van der Waals surface area contributed by atoms with Gasteiger partial charge in [-0.1, -0.05) is 38.3 Å².